The Labute approximate surface area is 171 Å². The first-order valence-corrected chi connectivity index (χ1v) is 10.9. The van der Waals surface area contributed by atoms with Gasteiger partial charge in [0.1, 0.15) is 5.02 Å². The second kappa shape index (κ2) is 8.06. The van der Waals surface area contributed by atoms with Crippen LogP contribution in [0.2, 0.25) is 10.0 Å². The van der Waals surface area contributed by atoms with Crippen LogP contribution in [0.25, 0.3) is 0 Å². The Balaban J connectivity index is 1.99. The van der Waals surface area contributed by atoms with Crippen LogP contribution in [0, 0.1) is 10.1 Å². The number of sulfone groups is 1. The summed E-state index contributed by atoms with van der Waals surface area (Å²) in [5.74, 6) is -0.675. The minimum absolute atomic E-state index is 0.00919. The van der Waals surface area contributed by atoms with Crippen LogP contribution in [0.3, 0.4) is 0 Å². The van der Waals surface area contributed by atoms with Gasteiger partial charge in [-0.25, -0.2) is 8.42 Å². The number of hydrogen-bond donors (Lipinski definition) is 0. The van der Waals surface area contributed by atoms with Crippen LogP contribution in [0.15, 0.2) is 42.5 Å². The maximum atomic E-state index is 13.2. The molecule has 10 heteroatoms. The number of amides is 1. The normalized spacial score (nSPS) is 18.0. The van der Waals surface area contributed by atoms with Gasteiger partial charge in [-0.2, -0.15) is 0 Å². The predicted molar refractivity (Wildman–Crippen MR) is 106 cm³/mol. The number of carbonyl (C=O) groups excluding carboxylic acids is 1. The Morgan fingerprint density at radius 1 is 1.18 bits per heavy atom. The molecule has 1 aliphatic rings. The molecule has 2 aromatic carbocycles. The maximum Gasteiger partial charge on any atom is 0.288 e. The zero-order valence-electron chi connectivity index (χ0n) is 14.5. The van der Waals surface area contributed by atoms with Crippen molar-refractivity contribution in [3.8, 4) is 0 Å². The van der Waals surface area contributed by atoms with Gasteiger partial charge in [0.2, 0.25) is 0 Å². The average molecular weight is 443 g/mol. The van der Waals surface area contributed by atoms with Crippen molar-refractivity contribution >= 4 is 44.6 Å². The van der Waals surface area contributed by atoms with E-state index in [9.17, 15) is 23.3 Å². The summed E-state index contributed by atoms with van der Waals surface area (Å²) >= 11 is 12.0. The molecule has 0 unspecified atom stereocenters. The molecule has 0 radical (unpaired) electrons. The van der Waals surface area contributed by atoms with Crippen LogP contribution < -0.4 is 0 Å². The van der Waals surface area contributed by atoms with Gasteiger partial charge in [0.05, 0.1) is 16.4 Å². The molecule has 0 aliphatic carbocycles. The van der Waals surface area contributed by atoms with E-state index >= 15 is 0 Å². The lowest BCUT2D eigenvalue weighted by atomic mass is 10.1. The highest BCUT2D eigenvalue weighted by Gasteiger charge is 2.35. The lowest BCUT2D eigenvalue weighted by Crippen LogP contribution is -2.40. The van der Waals surface area contributed by atoms with Gasteiger partial charge in [-0.15, -0.1) is 0 Å². The molecule has 1 saturated heterocycles. The fourth-order valence-corrected chi connectivity index (χ4v) is 5.26. The first kappa shape index (κ1) is 20.6. The predicted octanol–water partition coefficient (Wildman–Crippen LogP) is 3.73. The summed E-state index contributed by atoms with van der Waals surface area (Å²) in [4.78, 5) is 25.1. The van der Waals surface area contributed by atoms with E-state index in [1.54, 1.807) is 24.3 Å². The molecule has 0 spiro atoms. The van der Waals surface area contributed by atoms with Gasteiger partial charge in [-0.05, 0) is 30.2 Å². The Bertz CT molecular complexity index is 1040. The van der Waals surface area contributed by atoms with Gasteiger partial charge in [0.25, 0.3) is 11.6 Å². The minimum atomic E-state index is -3.24. The van der Waals surface area contributed by atoms with E-state index < -0.39 is 26.7 Å². The van der Waals surface area contributed by atoms with Crippen molar-refractivity contribution in [2.75, 3.05) is 11.5 Å². The van der Waals surface area contributed by atoms with Crippen LogP contribution in [-0.4, -0.2) is 41.7 Å². The highest BCUT2D eigenvalue weighted by molar-refractivity contribution is 7.91. The quantitative estimate of drug-likeness (QED) is 0.518. The van der Waals surface area contributed by atoms with E-state index in [-0.39, 0.29) is 34.3 Å². The fourth-order valence-electron chi connectivity index (χ4n) is 3.15. The molecule has 28 heavy (non-hydrogen) atoms. The van der Waals surface area contributed by atoms with E-state index in [1.165, 1.54) is 17.0 Å². The van der Waals surface area contributed by atoms with Crippen molar-refractivity contribution in [1.82, 2.24) is 4.90 Å². The van der Waals surface area contributed by atoms with Gasteiger partial charge >= 0.3 is 0 Å². The average Bonchev–Trinajstić information content (AvgIpc) is 3.00. The first-order chi connectivity index (χ1) is 13.2. The van der Waals surface area contributed by atoms with Crippen LogP contribution in [0.5, 0.6) is 0 Å². The molecular weight excluding hydrogens is 427 g/mol. The van der Waals surface area contributed by atoms with E-state index in [0.29, 0.717) is 17.0 Å². The third kappa shape index (κ3) is 4.45. The summed E-state index contributed by atoms with van der Waals surface area (Å²) < 4.78 is 23.9. The third-order valence-electron chi connectivity index (χ3n) is 4.60. The maximum absolute atomic E-state index is 13.2. The summed E-state index contributed by atoms with van der Waals surface area (Å²) in [7, 11) is -3.24. The lowest BCUT2D eigenvalue weighted by Gasteiger charge is -2.29. The van der Waals surface area contributed by atoms with Crippen LogP contribution in [-0.2, 0) is 16.4 Å². The van der Waals surface area contributed by atoms with Crippen molar-refractivity contribution in [1.29, 1.82) is 0 Å². The number of halogens is 2. The number of nitro groups is 1. The van der Waals surface area contributed by atoms with Crippen molar-refractivity contribution in [3.05, 3.63) is 73.8 Å². The van der Waals surface area contributed by atoms with Gasteiger partial charge in [-0.3, -0.25) is 14.9 Å². The number of rotatable bonds is 5. The summed E-state index contributed by atoms with van der Waals surface area (Å²) in [6.07, 6.45) is 0.300. The second-order valence-electron chi connectivity index (χ2n) is 6.50. The molecule has 1 atom stereocenters. The smallest absolute Gasteiger partial charge is 0.288 e. The first-order valence-electron chi connectivity index (χ1n) is 8.36. The van der Waals surface area contributed by atoms with Crippen LogP contribution in [0.4, 0.5) is 5.69 Å². The Morgan fingerprint density at radius 2 is 1.89 bits per heavy atom. The van der Waals surface area contributed by atoms with Crippen molar-refractivity contribution in [2.45, 2.75) is 19.0 Å². The van der Waals surface area contributed by atoms with E-state index in [4.69, 9.17) is 23.2 Å². The van der Waals surface area contributed by atoms with Crippen LogP contribution >= 0.6 is 23.2 Å². The summed E-state index contributed by atoms with van der Waals surface area (Å²) in [5.41, 5.74) is 0.335. The van der Waals surface area contributed by atoms with Gasteiger partial charge in [0, 0.05) is 29.2 Å². The summed E-state index contributed by atoms with van der Waals surface area (Å²) in [6.45, 7) is 0.0924. The van der Waals surface area contributed by atoms with Crippen molar-refractivity contribution < 1.29 is 18.1 Å². The molecule has 7 nitrogen and oxygen atoms in total. The number of hydrogen-bond acceptors (Lipinski definition) is 5. The Hall–Kier alpha value is -2.16. The number of nitrogens with zero attached hydrogens (tertiary/aromatic N) is 2. The lowest BCUT2D eigenvalue weighted by molar-refractivity contribution is -0.384. The number of benzene rings is 2. The largest absolute Gasteiger partial charge is 0.330 e. The van der Waals surface area contributed by atoms with Crippen LogP contribution in [0.1, 0.15) is 22.3 Å². The van der Waals surface area contributed by atoms with E-state index in [1.807, 2.05) is 0 Å². The minimum Gasteiger partial charge on any atom is -0.330 e. The molecular formula is C18H16Cl2N2O5S. The molecule has 3 rings (SSSR count). The van der Waals surface area contributed by atoms with Gasteiger partial charge < -0.3 is 4.90 Å². The van der Waals surface area contributed by atoms with Gasteiger partial charge in [0.15, 0.2) is 9.84 Å². The highest BCUT2D eigenvalue weighted by atomic mass is 35.5. The molecule has 1 aliphatic heterocycles. The molecule has 0 bridgehead atoms. The van der Waals surface area contributed by atoms with E-state index in [0.717, 1.165) is 6.07 Å². The Morgan fingerprint density at radius 3 is 2.50 bits per heavy atom. The molecule has 2 aromatic rings. The van der Waals surface area contributed by atoms with Gasteiger partial charge in [-0.1, -0.05) is 41.4 Å². The monoisotopic (exact) mass is 442 g/mol. The SMILES string of the molecule is O=C(c1ccc(Cl)c([N+](=O)[O-])c1)N(Cc1ccccc1Cl)[C@H]1CCS(=O)(=O)C1. The number of nitro benzene ring substituents is 1. The third-order valence-corrected chi connectivity index (χ3v) is 7.04. The molecule has 1 fully saturated rings. The molecule has 0 saturated carbocycles. The standard InChI is InChI=1S/C18H16Cl2N2O5S/c19-15-4-2-1-3-13(15)10-21(14-7-8-28(26,27)11-14)18(23)12-5-6-16(20)17(9-12)22(24)25/h1-6,9,14H,7-8,10-11H2/t14-/m0/s1. The zero-order chi connectivity index (χ0) is 20.5. The molecule has 1 heterocycles. The zero-order valence-corrected chi connectivity index (χ0v) is 16.9. The summed E-state index contributed by atoms with van der Waals surface area (Å²) in [6, 6.07) is 10.2. The summed E-state index contributed by atoms with van der Waals surface area (Å²) in [5, 5.41) is 11.5. The van der Waals surface area contributed by atoms with Crippen molar-refractivity contribution in [2.24, 2.45) is 0 Å². The molecule has 148 valence electrons. The highest BCUT2D eigenvalue weighted by Crippen LogP contribution is 2.29. The molecule has 0 aromatic heterocycles. The molecule has 1 amide bonds. The second-order valence-corrected chi connectivity index (χ2v) is 9.55. The molecule has 0 N–H and O–H groups in total. The fraction of sp³-hybridized carbons (Fsp3) is 0.278. The van der Waals surface area contributed by atoms with Crippen molar-refractivity contribution in [3.63, 3.8) is 0 Å². The topological polar surface area (TPSA) is 97.6 Å². The van der Waals surface area contributed by atoms with E-state index in [2.05, 4.69) is 0 Å². The Kier molecular flexibility index (Phi) is 5.92. The number of carbonyl (C=O) groups is 1.